The van der Waals surface area contributed by atoms with Gasteiger partial charge in [-0.15, -0.1) is 0 Å². The molecule has 3 aromatic rings. The molecule has 0 aliphatic rings. The Morgan fingerprint density at radius 2 is 2.06 bits per heavy atom. The second kappa shape index (κ2) is 4.39. The zero-order chi connectivity index (χ0) is 12.7. The topological polar surface area (TPSA) is 33.6 Å². The van der Waals surface area contributed by atoms with E-state index in [1.54, 1.807) is 18.5 Å². The summed E-state index contributed by atoms with van der Waals surface area (Å²) in [4.78, 5) is 7.14. The van der Waals surface area contributed by atoms with Crippen LogP contribution in [-0.2, 0) is 0 Å². The van der Waals surface area contributed by atoms with E-state index in [4.69, 9.17) is 35.4 Å². The third-order valence-corrected chi connectivity index (χ3v) is 3.75. The maximum Gasteiger partial charge on any atom is 0.182 e. The minimum Gasteiger partial charge on any atom is -0.329 e. The SMILES string of the molecule is S=c1[nH]c2cnccc2n1-c1cccc(Cl)c1Cl. The second-order valence-electron chi connectivity index (χ2n) is 3.73. The van der Waals surface area contributed by atoms with Gasteiger partial charge in [-0.2, -0.15) is 0 Å². The van der Waals surface area contributed by atoms with Crippen molar-refractivity contribution in [3.05, 3.63) is 51.5 Å². The first-order valence-electron chi connectivity index (χ1n) is 5.17. The number of halogens is 2. The van der Waals surface area contributed by atoms with Crippen molar-refractivity contribution >= 4 is 46.5 Å². The number of aromatic nitrogens is 3. The van der Waals surface area contributed by atoms with Crippen LogP contribution in [0.2, 0.25) is 10.0 Å². The van der Waals surface area contributed by atoms with Gasteiger partial charge in [0.2, 0.25) is 0 Å². The van der Waals surface area contributed by atoms with Gasteiger partial charge in [0.05, 0.1) is 33.0 Å². The fourth-order valence-corrected chi connectivity index (χ4v) is 2.55. The average molecular weight is 296 g/mol. The molecule has 1 aromatic carbocycles. The summed E-state index contributed by atoms with van der Waals surface area (Å²) in [5.41, 5.74) is 2.53. The van der Waals surface area contributed by atoms with Crippen molar-refractivity contribution in [2.24, 2.45) is 0 Å². The standard InChI is InChI=1S/C12H7Cl2N3S/c13-7-2-1-3-10(11(7)14)17-9-4-5-15-6-8(9)16-12(17)18/h1-6H,(H,16,18). The Morgan fingerprint density at radius 3 is 2.89 bits per heavy atom. The fraction of sp³-hybridized carbons (Fsp3) is 0. The average Bonchev–Trinajstić information content (AvgIpc) is 2.69. The van der Waals surface area contributed by atoms with Crippen molar-refractivity contribution in [3.8, 4) is 5.69 Å². The molecular formula is C12H7Cl2N3S. The van der Waals surface area contributed by atoms with Gasteiger partial charge in [0.15, 0.2) is 4.77 Å². The number of nitrogens with one attached hydrogen (secondary N) is 1. The van der Waals surface area contributed by atoms with Crippen LogP contribution in [0.25, 0.3) is 16.7 Å². The summed E-state index contributed by atoms with van der Waals surface area (Å²) in [5.74, 6) is 0. The van der Waals surface area contributed by atoms with Gasteiger partial charge >= 0.3 is 0 Å². The highest BCUT2D eigenvalue weighted by molar-refractivity contribution is 7.71. The molecule has 6 heteroatoms. The maximum atomic E-state index is 6.23. The van der Waals surface area contributed by atoms with Crippen LogP contribution in [0, 0.1) is 4.77 Å². The molecule has 0 radical (unpaired) electrons. The molecule has 3 rings (SSSR count). The predicted octanol–water partition coefficient (Wildman–Crippen LogP) is 4.39. The molecule has 0 aliphatic heterocycles. The smallest absolute Gasteiger partial charge is 0.182 e. The number of hydrogen-bond acceptors (Lipinski definition) is 2. The van der Waals surface area contributed by atoms with Crippen LogP contribution < -0.4 is 0 Å². The van der Waals surface area contributed by atoms with Gasteiger partial charge in [0.25, 0.3) is 0 Å². The highest BCUT2D eigenvalue weighted by atomic mass is 35.5. The molecule has 0 fully saturated rings. The highest BCUT2D eigenvalue weighted by Gasteiger charge is 2.11. The predicted molar refractivity (Wildman–Crippen MR) is 76.3 cm³/mol. The van der Waals surface area contributed by atoms with E-state index < -0.39 is 0 Å². The summed E-state index contributed by atoms with van der Waals surface area (Å²) in [5, 5.41) is 0.979. The van der Waals surface area contributed by atoms with Crippen LogP contribution in [0.4, 0.5) is 0 Å². The first-order valence-corrected chi connectivity index (χ1v) is 6.34. The van der Waals surface area contributed by atoms with Crippen molar-refractivity contribution in [1.29, 1.82) is 0 Å². The van der Waals surface area contributed by atoms with Gasteiger partial charge in [0, 0.05) is 6.20 Å². The van der Waals surface area contributed by atoms with Crippen molar-refractivity contribution in [3.63, 3.8) is 0 Å². The first kappa shape index (κ1) is 11.7. The summed E-state index contributed by atoms with van der Waals surface area (Å²) >= 11 is 17.6. The van der Waals surface area contributed by atoms with Gasteiger partial charge in [-0.1, -0.05) is 29.3 Å². The number of benzene rings is 1. The van der Waals surface area contributed by atoms with Crippen molar-refractivity contribution in [2.75, 3.05) is 0 Å². The molecule has 90 valence electrons. The second-order valence-corrected chi connectivity index (χ2v) is 4.90. The summed E-state index contributed by atoms with van der Waals surface area (Å²) in [6.45, 7) is 0. The van der Waals surface area contributed by atoms with Crippen LogP contribution in [0.1, 0.15) is 0 Å². The molecule has 18 heavy (non-hydrogen) atoms. The third kappa shape index (κ3) is 1.73. The summed E-state index contributed by atoms with van der Waals surface area (Å²) in [6, 6.07) is 7.33. The van der Waals surface area contributed by atoms with E-state index in [0.29, 0.717) is 14.8 Å². The quantitative estimate of drug-likeness (QED) is 0.676. The van der Waals surface area contributed by atoms with E-state index in [2.05, 4.69) is 9.97 Å². The van der Waals surface area contributed by atoms with Gasteiger partial charge < -0.3 is 4.98 Å². The third-order valence-electron chi connectivity index (χ3n) is 2.66. The van der Waals surface area contributed by atoms with Crippen molar-refractivity contribution in [2.45, 2.75) is 0 Å². The molecule has 0 amide bonds. The lowest BCUT2D eigenvalue weighted by Gasteiger charge is -2.07. The molecule has 0 saturated carbocycles. The van der Waals surface area contributed by atoms with Crippen LogP contribution >= 0.6 is 35.4 Å². The van der Waals surface area contributed by atoms with Crippen LogP contribution in [0.3, 0.4) is 0 Å². The molecule has 0 saturated heterocycles. The highest BCUT2D eigenvalue weighted by Crippen LogP contribution is 2.30. The fourth-order valence-electron chi connectivity index (χ4n) is 1.86. The number of aromatic amines is 1. The number of rotatable bonds is 1. The maximum absolute atomic E-state index is 6.23. The van der Waals surface area contributed by atoms with Crippen molar-refractivity contribution < 1.29 is 0 Å². The lowest BCUT2D eigenvalue weighted by Crippen LogP contribution is -1.95. The lowest BCUT2D eigenvalue weighted by molar-refractivity contribution is 1.06. The molecule has 0 bridgehead atoms. The number of hydrogen-bond donors (Lipinski definition) is 1. The number of fused-ring (bicyclic) bond motifs is 1. The minimum absolute atomic E-state index is 0.480. The number of H-pyrrole nitrogens is 1. The van der Waals surface area contributed by atoms with Crippen LogP contribution in [0.15, 0.2) is 36.7 Å². The first-order chi connectivity index (χ1) is 8.68. The zero-order valence-electron chi connectivity index (χ0n) is 9.02. The van der Waals surface area contributed by atoms with E-state index in [1.165, 1.54) is 0 Å². The lowest BCUT2D eigenvalue weighted by atomic mass is 10.3. The molecular weight excluding hydrogens is 289 g/mol. The Labute approximate surface area is 118 Å². The molecule has 0 spiro atoms. The Kier molecular flexibility index (Phi) is 2.86. The Balaban J connectivity index is 2.42. The normalized spacial score (nSPS) is 11.0. The van der Waals surface area contributed by atoms with Gasteiger partial charge in [-0.3, -0.25) is 9.55 Å². The Hall–Kier alpha value is -1.36. The van der Waals surface area contributed by atoms with Gasteiger partial charge in [0.1, 0.15) is 0 Å². The van der Waals surface area contributed by atoms with E-state index in [0.717, 1.165) is 16.7 Å². The van der Waals surface area contributed by atoms with Crippen LogP contribution in [-0.4, -0.2) is 14.5 Å². The van der Waals surface area contributed by atoms with Gasteiger partial charge in [-0.05, 0) is 30.4 Å². The van der Waals surface area contributed by atoms with E-state index in [1.807, 2.05) is 22.8 Å². The molecule has 2 aromatic heterocycles. The molecule has 1 N–H and O–H groups in total. The Bertz CT molecular complexity index is 791. The molecule has 3 nitrogen and oxygen atoms in total. The number of pyridine rings is 1. The van der Waals surface area contributed by atoms with E-state index >= 15 is 0 Å². The molecule has 0 unspecified atom stereocenters. The van der Waals surface area contributed by atoms with Crippen molar-refractivity contribution in [1.82, 2.24) is 14.5 Å². The summed E-state index contributed by atoms with van der Waals surface area (Å²) < 4.78 is 2.41. The van der Waals surface area contributed by atoms with E-state index in [-0.39, 0.29) is 0 Å². The van der Waals surface area contributed by atoms with Gasteiger partial charge in [-0.25, -0.2) is 0 Å². The zero-order valence-corrected chi connectivity index (χ0v) is 11.4. The largest absolute Gasteiger partial charge is 0.329 e. The minimum atomic E-state index is 0.480. The number of nitrogens with zero attached hydrogens (tertiary/aromatic N) is 2. The summed E-state index contributed by atoms with van der Waals surface area (Å²) in [7, 11) is 0. The monoisotopic (exact) mass is 295 g/mol. The number of imidazole rings is 1. The molecule has 0 aliphatic carbocycles. The Morgan fingerprint density at radius 1 is 1.22 bits per heavy atom. The summed E-state index contributed by atoms with van der Waals surface area (Å²) in [6.07, 6.45) is 3.43. The van der Waals surface area contributed by atoms with E-state index in [9.17, 15) is 0 Å². The molecule has 0 atom stereocenters. The molecule has 2 heterocycles. The van der Waals surface area contributed by atoms with Crippen LogP contribution in [0.5, 0.6) is 0 Å².